The number of ether oxygens (including phenoxy) is 2. The Labute approximate surface area is 202 Å². The van der Waals surface area contributed by atoms with Crippen LogP contribution in [0.4, 0.5) is 11.4 Å². The zero-order valence-corrected chi connectivity index (χ0v) is 20.3. The molecule has 4 rings (SSSR count). The van der Waals surface area contributed by atoms with Crippen LogP contribution in [0.3, 0.4) is 0 Å². The van der Waals surface area contributed by atoms with Crippen LogP contribution in [0.25, 0.3) is 0 Å². The maximum atomic E-state index is 13.2. The van der Waals surface area contributed by atoms with Crippen molar-refractivity contribution in [3.8, 4) is 11.5 Å². The van der Waals surface area contributed by atoms with Gasteiger partial charge in [0.15, 0.2) is 6.04 Å². The maximum absolute atomic E-state index is 13.2. The molecule has 7 heteroatoms. The van der Waals surface area contributed by atoms with Crippen molar-refractivity contribution in [2.24, 2.45) is 0 Å². The van der Waals surface area contributed by atoms with Crippen molar-refractivity contribution in [2.75, 3.05) is 49.7 Å². The standard InChI is InChI=1S/C27H35N3O4/c1-3-4-5-8-19-34-22-13-11-21(12-14-22)30-26(31)20-24(27(30)32)29-17-15-28(16-18-29)23-9-6-7-10-25(23)33-2/h6-7,9-14,24H,3-5,8,15-20H2,1-2H3/p+1/t24-/m1/s1. The minimum absolute atomic E-state index is 0.0982. The molecule has 0 unspecified atom stereocenters. The Morgan fingerprint density at radius 2 is 1.71 bits per heavy atom. The van der Waals surface area contributed by atoms with E-state index in [-0.39, 0.29) is 24.3 Å². The number of benzene rings is 2. The first-order chi connectivity index (χ1) is 16.6. The van der Waals surface area contributed by atoms with Crippen molar-refractivity contribution in [3.63, 3.8) is 0 Å². The molecule has 2 saturated heterocycles. The number of carbonyl (C=O) groups excluding carboxylic acids is 2. The van der Waals surface area contributed by atoms with Gasteiger partial charge in [0.25, 0.3) is 5.91 Å². The highest BCUT2D eigenvalue weighted by atomic mass is 16.5. The summed E-state index contributed by atoms with van der Waals surface area (Å²) in [4.78, 5) is 30.9. The molecule has 2 aliphatic rings. The van der Waals surface area contributed by atoms with Gasteiger partial charge in [-0.25, -0.2) is 4.90 Å². The Balaban J connectivity index is 1.33. The fourth-order valence-corrected chi connectivity index (χ4v) is 4.91. The predicted molar refractivity (Wildman–Crippen MR) is 133 cm³/mol. The van der Waals surface area contributed by atoms with E-state index < -0.39 is 0 Å². The summed E-state index contributed by atoms with van der Waals surface area (Å²) >= 11 is 0. The van der Waals surface area contributed by atoms with Crippen LogP contribution in [-0.2, 0) is 9.59 Å². The lowest BCUT2D eigenvalue weighted by Gasteiger charge is -2.36. The number of hydrogen-bond acceptors (Lipinski definition) is 5. The number of unbranched alkanes of at least 4 members (excludes halogenated alkanes) is 3. The van der Waals surface area contributed by atoms with E-state index in [9.17, 15) is 9.59 Å². The van der Waals surface area contributed by atoms with E-state index in [4.69, 9.17) is 9.47 Å². The average Bonchev–Trinajstić information content (AvgIpc) is 3.18. The van der Waals surface area contributed by atoms with E-state index in [1.54, 1.807) is 7.11 Å². The second-order valence-corrected chi connectivity index (χ2v) is 9.04. The van der Waals surface area contributed by atoms with Crippen molar-refractivity contribution in [1.82, 2.24) is 0 Å². The second-order valence-electron chi connectivity index (χ2n) is 9.04. The van der Waals surface area contributed by atoms with Crippen LogP contribution < -0.4 is 24.2 Å². The lowest BCUT2D eigenvalue weighted by molar-refractivity contribution is -0.915. The molecule has 0 saturated carbocycles. The van der Waals surface area contributed by atoms with E-state index >= 15 is 0 Å². The summed E-state index contributed by atoms with van der Waals surface area (Å²) in [7, 11) is 1.68. The number of nitrogens with one attached hydrogen (secondary N) is 1. The van der Waals surface area contributed by atoms with Crippen LogP contribution in [-0.4, -0.2) is 57.8 Å². The summed E-state index contributed by atoms with van der Waals surface area (Å²) in [6, 6.07) is 15.0. The number of nitrogens with zero attached hydrogens (tertiary/aromatic N) is 2. The average molecular weight is 467 g/mol. The van der Waals surface area contributed by atoms with Gasteiger partial charge >= 0.3 is 0 Å². The van der Waals surface area contributed by atoms with Gasteiger partial charge in [0.05, 0.1) is 57.7 Å². The summed E-state index contributed by atoms with van der Waals surface area (Å²) in [6.07, 6.45) is 4.89. The second kappa shape index (κ2) is 11.4. The van der Waals surface area contributed by atoms with E-state index in [2.05, 4.69) is 17.9 Å². The highest BCUT2D eigenvalue weighted by Gasteiger charge is 2.46. The number of hydrogen-bond donors (Lipinski definition) is 1. The Kier molecular flexibility index (Phi) is 8.06. The van der Waals surface area contributed by atoms with E-state index in [0.717, 1.165) is 49.8 Å². The first kappa shape index (κ1) is 24.1. The van der Waals surface area contributed by atoms with Gasteiger partial charge in [-0.3, -0.25) is 9.59 Å². The van der Waals surface area contributed by atoms with Crippen molar-refractivity contribution < 1.29 is 24.0 Å². The lowest BCUT2D eigenvalue weighted by atomic mass is 10.1. The molecule has 7 nitrogen and oxygen atoms in total. The van der Waals surface area contributed by atoms with Crippen LogP contribution in [0.1, 0.15) is 39.0 Å². The summed E-state index contributed by atoms with van der Waals surface area (Å²) < 4.78 is 11.3. The van der Waals surface area contributed by atoms with Gasteiger partial charge < -0.3 is 19.3 Å². The molecular weight excluding hydrogens is 430 g/mol. The van der Waals surface area contributed by atoms with Crippen LogP contribution in [0.15, 0.2) is 48.5 Å². The van der Waals surface area contributed by atoms with Crippen LogP contribution in [0, 0.1) is 0 Å². The summed E-state index contributed by atoms with van der Waals surface area (Å²) in [6.45, 7) is 6.12. The van der Waals surface area contributed by atoms with Crippen molar-refractivity contribution in [1.29, 1.82) is 0 Å². The number of methoxy groups -OCH3 is 1. The molecule has 2 fully saturated rings. The first-order valence-electron chi connectivity index (χ1n) is 12.4. The van der Waals surface area contributed by atoms with Crippen molar-refractivity contribution >= 4 is 23.2 Å². The molecule has 34 heavy (non-hydrogen) atoms. The quantitative estimate of drug-likeness (QED) is 0.431. The lowest BCUT2D eigenvalue weighted by Crippen LogP contribution is -3.19. The van der Waals surface area contributed by atoms with Gasteiger partial charge in [-0.15, -0.1) is 0 Å². The highest BCUT2D eigenvalue weighted by molar-refractivity contribution is 6.21. The Bertz CT molecular complexity index is 970. The van der Waals surface area contributed by atoms with Gasteiger partial charge in [-0.2, -0.15) is 0 Å². The largest absolute Gasteiger partial charge is 0.495 e. The summed E-state index contributed by atoms with van der Waals surface area (Å²) in [5.74, 6) is 1.41. The van der Waals surface area contributed by atoms with Crippen LogP contribution in [0.5, 0.6) is 11.5 Å². The molecule has 1 N–H and O–H groups in total. The molecular formula is C27H36N3O4+. The number of anilines is 2. The van der Waals surface area contributed by atoms with Crippen molar-refractivity contribution in [3.05, 3.63) is 48.5 Å². The number of piperazine rings is 1. The molecule has 0 spiro atoms. The molecule has 2 aromatic carbocycles. The first-order valence-corrected chi connectivity index (χ1v) is 12.4. The van der Waals surface area contributed by atoms with Gasteiger partial charge in [0.2, 0.25) is 5.91 Å². The molecule has 1 atom stereocenters. The third-order valence-electron chi connectivity index (χ3n) is 6.83. The van der Waals surface area contributed by atoms with Gasteiger partial charge in [0, 0.05) is 0 Å². The minimum Gasteiger partial charge on any atom is -0.495 e. The van der Waals surface area contributed by atoms with Gasteiger partial charge in [-0.1, -0.05) is 38.3 Å². The van der Waals surface area contributed by atoms with Gasteiger partial charge in [-0.05, 0) is 42.8 Å². The van der Waals surface area contributed by atoms with Crippen LogP contribution in [0.2, 0.25) is 0 Å². The van der Waals surface area contributed by atoms with Crippen LogP contribution >= 0.6 is 0 Å². The number of imide groups is 1. The minimum atomic E-state index is -0.318. The molecule has 2 heterocycles. The number of carbonyl (C=O) groups is 2. The zero-order valence-electron chi connectivity index (χ0n) is 20.3. The summed E-state index contributed by atoms with van der Waals surface area (Å²) in [5.41, 5.74) is 1.70. The highest BCUT2D eigenvalue weighted by Crippen LogP contribution is 2.28. The predicted octanol–water partition coefficient (Wildman–Crippen LogP) is 2.69. The Morgan fingerprint density at radius 3 is 2.41 bits per heavy atom. The SMILES string of the molecule is CCCCCCOc1ccc(N2C(=O)C[C@@H]([NH+]3CCN(c4ccccc4OC)CC3)C2=O)cc1. The number of para-hydroxylation sites is 2. The molecule has 0 radical (unpaired) electrons. The molecule has 182 valence electrons. The molecule has 2 aliphatic heterocycles. The normalized spacial score (nSPS) is 19.1. The number of rotatable bonds is 10. The molecule has 0 aromatic heterocycles. The third-order valence-corrected chi connectivity index (χ3v) is 6.83. The topological polar surface area (TPSA) is 63.5 Å². The third kappa shape index (κ3) is 5.36. The fourth-order valence-electron chi connectivity index (χ4n) is 4.91. The molecule has 2 aromatic rings. The smallest absolute Gasteiger partial charge is 0.292 e. The van der Waals surface area contributed by atoms with E-state index in [1.807, 2.05) is 42.5 Å². The molecule has 0 aliphatic carbocycles. The van der Waals surface area contributed by atoms with E-state index in [1.165, 1.54) is 29.1 Å². The molecule has 2 amide bonds. The zero-order chi connectivity index (χ0) is 23.9. The monoisotopic (exact) mass is 466 g/mol. The van der Waals surface area contributed by atoms with E-state index in [0.29, 0.717) is 12.3 Å². The Hall–Kier alpha value is -3.06. The fraction of sp³-hybridized carbons (Fsp3) is 0.481. The number of amides is 2. The van der Waals surface area contributed by atoms with Crippen molar-refractivity contribution in [2.45, 2.75) is 45.1 Å². The van der Waals surface area contributed by atoms with Gasteiger partial charge in [0.1, 0.15) is 11.5 Å². The number of quaternary nitrogens is 1. The maximum Gasteiger partial charge on any atom is 0.292 e. The Morgan fingerprint density at radius 1 is 0.971 bits per heavy atom. The summed E-state index contributed by atoms with van der Waals surface area (Å²) in [5, 5.41) is 0. The molecule has 0 bridgehead atoms.